The van der Waals surface area contributed by atoms with Crippen molar-refractivity contribution < 1.29 is 9.53 Å². The molecule has 2 aromatic rings. The van der Waals surface area contributed by atoms with E-state index >= 15 is 0 Å². The lowest BCUT2D eigenvalue weighted by Crippen LogP contribution is -2.48. The molecule has 1 aliphatic rings. The first-order valence-corrected chi connectivity index (χ1v) is 8.69. The van der Waals surface area contributed by atoms with Crippen LogP contribution in [0.2, 0.25) is 0 Å². The average Bonchev–Trinajstić information content (AvgIpc) is 2.60. The highest BCUT2D eigenvalue weighted by Crippen LogP contribution is 2.32. The van der Waals surface area contributed by atoms with Gasteiger partial charge in [0.05, 0.1) is 28.9 Å². The molecule has 0 fully saturated rings. The highest BCUT2D eigenvalue weighted by atomic mass is 32.2. The van der Waals surface area contributed by atoms with Crippen LogP contribution in [0.3, 0.4) is 0 Å². The van der Waals surface area contributed by atoms with Crippen molar-refractivity contribution in [1.29, 1.82) is 0 Å². The Hall–Kier alpha value is -2.94. The maximum absolute atomic E-state index is 12.4. The van der Waals surface area contributed by atoms with Crippen molar-refractivity contribution in [3.05, 3.63) is 47.7 Å². The molecule has 0 unspecified atom stereocenters. The molecule has 9 heteroatoms. The number of rotatable bonds is 5. The van der Waals surface area contributed by atoms with Crippen LogP contribution in [0, 0.1) is 0 Å². The van der Waals surface area contributed by atoms with Gasteiger partial charge in [0.1, 0.15) is 24.0 Å². The van der Waals surface area contributed by atoms with Crippen LogP contribution >= 0.6 is 12.1 Å². The lowest BCUT2D eigenvalue weighted by molar-refractivity contribution is 0.0880. The number of nitrogens with one attached hydrogen (secondary N) is 2. The summed E-state index contributed by atoms with van der Waals surface area (Å²) in [6.45, 7) is 3.99. The monoisotopic (exact) mass is 372 g/mol. The molecule has 0 atom stereocenters. The molecule has 0 saturated heterocycles. The van der Waals surface area contributed by atoms with E-state index in [2.05, 4.69) is 19.4 Å². The smallest absolute Gasteiger partial charge is 0.252 e. The van der Waals surface area contributed by atoms with Crippen LogP contribution in [-0.2, 0) is 0 Å². The molecule has 1 amide bonds. The van der Waals surface area contributed by atoms with Crippen LogP contribution in [-0.4, -0.2) is 28.9 Å². The number of nitrogens with two attached hydrogens (primary N) is 2. The van der Waals surface area contributed by atoms with Gasteiger partial charge in [0.15, 0.2) is 0 Å². The molecule has 0 saturated carbocycles. The number of nitrogen functional groups attached to an aromatic ring is 1. The molecule has 2 heterocycles. The zero-order chi connectivity index (χ0) is 18.7. The minimum absolute atomic E-state index is 0.246. The third-order valence-electron chi connectivity index (χ3n) is 3.67. The third kappa shape index (κ3) is 3.99. The third-order valence-corrected chi connectivity index (χ3v) is 4.26. The number of anilines is 2. The van der Waals surface area contributed by atoms with Crippen molar-refractivity contribution in [3.63, 3.8) is 0 Å². The maximum Gasteiger partial charge on any atom is 0.252 e. The predicted molar refractivity (Wildman–Crippen MR) is 104 cm³/mol. The van der Waals surface area contributed by atoms with Gasteiger partial charge in [-0.1, -0.05) is 6.07 Å². The zero-order valence-corrected chi connectivity index (χ0v) is 15.3. The molecule has 6 N–H and O–H groups in total. The van der Waals surface area contributed by atoms with Crippen molar-refractivity contribution in [2.45, 2.75) is 19.4 Å². The first-order chi connectivity index (χ1) is 12.4. The fourth-order valence-corrected chi connectivity index (χ4v) is 2.93. The van der Waals surface area contributed by atoms with Crippen LogP contribution in [0.25, 0.3) is 0 Å². The van der Waals surface area contributed by atoms with Crippen LogP contribution in [0.4, 0.5) is 11.5 Å². The Balaban J connectivity index is 1.70. The van der Waals surface area contributed by atoms with E-state index in [1.54, 1.807) is 6.07 Å². The molecule has 0 bridgehead atoms. The molecular weight excluding hydrogens is 352 g/mol. The molecule has 1 aromatic heterocycles. The highest BCUT2D eigenvalue weighted by molar-refractivity contribution is 7.99. The van der Waals surface area contributed by atoms with Crippen molar-refractivity contribution in [3.8, 4) is 5.75 Å². The number of hydrogen-bond acceptors (Lipinski definition) is 8. The second-order valence-electron chi connectivity index (χ2n) is 6.44. The molecule has 0 aliphatic carbocycles. The number of nitrogens with zero attached hydrogens (tertiary/aromatic N) is 2. The van der Waals surface area contributed by atoms with Gasteiger partial charge in [-0.15, -0.1) is 0 Å². The van der Waals surface area contributed by atoms with E-state index in [1.165, 1.54) is 24.4 Å². The molecular formula is C17H20N6O2S. The van der Waals surface area contributed by atoms with Gasteiger partial charge in [-0.05, 0) is 38.1 Å². The van der Waals surface area contributed by atoms with E-state index < -0.39 is 5.54 Å². The number of aromatic nitrogens is 1. The molecule has 136 valence electrons. The quantitative estimate of drug-likeness (QED) is 0.591. The van der Waals surface area contributed by atoms with Gasteiger partial charge in [0, 0.05) is 11.8 Å². The largest absolute Gasteiger partial charge is 0.490 e. The Morgan fingerprint density at radius 3 is 2.92 bits per heavy atom. The summed E-state index contributed by atoms with van der Waals surface area (Å²) >= 11 is 1.17. The van der Waals surface area contributed by atoms with Crippen molar-refractivity contribution in [1.82, 2.24) is 10.3 Å². The Labute approximate surface area is 155 Å². The molecule has 1 aromatic carbocycles. The van der Waals surface area contributed by atoms with Crippen LogP contribution in [0.5, 0.6) is 5.75 Å². The SMILES string of the molecule is CC(C)(COc1cccc2c1C(N)=NSN2)NC(=O)c1ccnc(N)c1. The van der Waals surface area contributed by atoms with E-state index in [0.717, 1.165) is 11.3 Å². The number of amides is 1. The number of pyridine rings is 1. The summed E-state index contributed by atoms with van der Waals surface area (Å²) in [5.74, 6) is 1.05. The highest BCUT2D eigenvalue weighted by Gasteiger charge is 2.24. The lowest BCUT2D eigenvalue weighted by atomic mass is 10.1. The molecule has 0 radical (unpaired) electrons. The van der Waals surface area contributed by atoms with E-state index in [1.807, 2.05) is 32.0 Å². The Bertz CT molecular complexity index is 868. The van der Waals surface area contributed by atoms with Crippen molar-refractivity contribution >= 4 is 35.4 Å². The number of amidine groups is 1. The number of carbonyl (C=O) groups excluding carboxylic acids is 1. The normalized spacial score (nSPS) is 13.2. The lowest BCUT2D eigenvalue weighted by Gasteiger charge is -2.27. The Kier molecular flexibility index (Phi) is 4.90. The second kappa shape index (κ2) is 7.12. The summed E-state index contributed by atoms with van der Waals surface area (Å²) in [7, 11) is 0. The number of fused-ring (bicyclic) bond motifs is 1. The number of carbonyl (C=O) groups is 1. The van der Waals surface area contributed by atoms with E-state index in [9.17, 15) is 4.79 Å². The topological polar surface area (TPSA) is 128 Å². The molecule has 3 rings (SSSR count). The summed E-state index contributed by atoms with van der Waals surface area (Å²) < 4.78 is 13.1. The Morgan fingerprint density at radius 2 is 2.15 bits per heavy atom. The summed E-state index contributed by atoms with van der Waals surface area (Å²) in [5.41, 5.74) is 13.0. The number of benzene rings is 1. The van der Waals surface area contributed by atoms with Gasteiger partial charge in [-0.3, -0.25) is 4.79 Å². The van der Waals surface area contributed by atoms with Gasteiger partial charge < -0.3 is 26.2 Å². The minimum atomic E-state index is -0.624. The van der Waals surface area contributed by atoms with Gasteiger partial charge in [-0.2, -0.15) is 4.40 Å². The maximum atomic E-state index is 12.4. The van der Waals surface area contributed by atoms with E-state index in [4.69, 9.17) is 16.2 Å². The van der Waals surface area contributed by atoms with Gasteiger partial charge in [0.25, 0.3) is 5.91 Å². The first-order valence-electron chi connectivity index (χ1n) is 7.91. The summed E-state index contributed by atoms with van der Waals surface area (Å²) in [5, 5.41) is 2.93. The van der Waals surface area contributed by atoms with Gasteiger partial charge >= 0.3 is 0 Å². The predicted octanol–water partition coefficient (Wildman–Crippen LogP) is 1.95. The van der Waals surface area contributed by atoms with E-state index in [-0.39, 0.29) is 12.5 Å². The Morgan fingerprint density at radius 1 is 1.35 bits per heavy atom. The molecule has 1 aliphatic heterocycles. The zero-order valence-electron chi connectivity index (χ0n) is 14.4. The summed E-state index contributed by atoms with van der Waals surface area (Å²) in [6.07, 6.45) is 1.50. The fourth-order valence-electron chi connectivity index (χ4n) is 2.43. The number of hydrogen-bond donors (Lipinski definition) is 4. The van der Waals surface area contributed by atoms with Crippen molar-refractivity contribution in [2.75, 3.05) is 17.1 Å². The van der Waals surface area contributed by atoms with Crippen molar-refractivity contribution in [2.24, 2.45) is 10.1 Å². The van der Waals surface area contributed by atoms with Crippen LogP contribution in [0.1, 0.15) is 29.8 Å². The van der Waals surface area contributed by atoms with Crippen LogP contribution in [0.15, 0.2) is 40.9 Å². The van der Waals surface area contributed by atoms with Gasteiger partial charge in [-0.25, -0.2) is 4.98 Å². The number of ether oxygens (including phenoxy) is 1. The standard InChI is InChI=1S/C17H20N6O2S/c1-17(2,21-16(24)10-6-7-20-13(18)8-10)9-25-12-5-3-4-11-14(12)15(19)23-26-22-11/h3-8,22H,9H2,1-2H3,(H2,18,20)(H2,19,23)(H,21,24). The second-order valence-corrected chi connectivity index (χ2v) is 7.01. The first kappa shape index (κ1) is 17.9. The average molecular weight is 372 g/mol. The summed E-state index contributed by atoms with van der Waals surface area (Å²) in [4.78, 5) is 16.3. The molecule has 26 heavy (non-hydrogen) atoms. The van der Waals surface area contributed by atoms with Crippen LogP contribution < -0.4 is 26.2 Å². The van der Waals surface area contributed by atoms with Gasteiger partial charge in [0.2, 0.25) is 0 Å². The fraction of sp³-hybridized carbons (Fsp3) is 0.235. The van der Waals surface area contributed by atoms with E-state index in [0.29, 0.717) is 23.0 Å². The minimum Gasteiger partial charge on any atom is -0.490 e. The molecule has 8 nitrogen and oxygen atoms in total. The summed E-state index contributed by atoms with van der Waals surface area (Å²) in [6, 6.07) is 8.72. The molecule has 0 spiro atoms.